The van der Waals surface area contributed by atoms with Crippen molar-refractivity contribution in [3.8, 4) is 5.75 Å². The Hall–Kier alpha value is -2.09. The number of carbonyl (C=O) groups excluding carboxylic acids is 3. The van der Waals surface area contributed by atoms with Gasteiger partial charge >= 0.3 is 6.03 Å². The fourth-order valence-corrected chi connectivity index (χ4v) is 1.48. The maximum Gasteiger partial charge on any atom is 0.319 e. The van der Waals surface area contributed by atoms with Gasteiger partial charge in [-0.25, -0.2) is 4.79 Å². The van der Waals surface area contributed by atoms with Gasteiger partial charge in [0.2, 0.25) is 5.91 Å². The summed E-state index contributed by atoms with van der Waals surface area (Å²) in [7, 11) is 1.44. The first-order valence-corrected chi connectivity index (χ1v) is 6.50. The molecule has 0 aliphatic carbocycles. The summed E-state index contributed by atoms with van der Waals surface area (Å²) in [6.07, 6.45) is 0. The van der Waals surface area contributed by atoms with Crippen molar-refractivity contribution >= 4 is 39.5 Å². The number of carbonyl (C=O) groups is 3. The Kier molecular flexibility index (Phi) is 5.51. The Balaban J connectivity index is 3.05. The maximum atomic E-state index is 11.7. The molecule has 0 radical (unpaired) electrons. The first-order chi connectivity index (χ1) is 9.35. The molecule has 1 aromatic carbocycles. The highest BCUT2D eigenvalue weighted by Crippen LogP contribution is 2.26. The molecular weight excluding hydrogens is 330 g/mol. The summed E-state index contributed by atoms with van der Waals surface area (Å²) >= 11 is 3.13. The average molecular weight is 344 g/mol. The molecule has 0 heterocycles. The molecule has 0 aliphatic heterocycles. The highest BCUT2D eigenvalue weighted by Gasteiger charge is 2.15. The molecule has 4 amide bonds. The van der Waals surface area contributed by atoms with Crippen LogP contribution in [0.3, 0.4) is 0 Å². The first-order valence-electron chi connectivity index (χ1n) is 5.59. The monoisotopic (exact) mass is 343 g/mol. The van der Waals surface area contributed by atoms with E-state index in [-0.39, 0.29) is 11.5 Å². The minimum Gasteiger partial charge on any atom is -0.495 e. The molecule has 1 aromatic rings. The lowest BCUT2D eigenvalue weighted by molar-refractivity contribution is -0.115. The lowest BCUT2D eigenvalue weighted by Crippen LogP contribution is -2.35. The molecule has 0 spiro atoms. The highest BCUT2D eigenvalue weighted by atomic mass is 79.9. The largest absolute Gasteiger partial charge is 0.495 e. The second kappa shape index (κ2) is 6.90. The van der Waals surface area contributed by atoms with Crippen molar-refractivity contribution < 1.29 is 19.1 Å². The Bertz CT molecular complexity index is 546. The molecule has 0 unspecified atom stereocenters. The molecule has 4 N–H and O–H groups in total. The summed E-state index contributed by atoms with van der Waals surface area (Å²) in [5.41, 5.74) is 5.36. The number of primary amides is 1. The van der Waals surface area contributed by atoms with Gasteiger partial charge in [-0.05, 0) is 25.1 Å². The number of rotatable bonds is 4. The van der Waals surface area contributed by atoms with Crippen LogP contribution in [0.1, 0.15) is 17.3 Å². The molecule has 0 saturated carbocycles. The predicted molar refractivity (Wildman–Crippen MR) is 77.1 cm³/mol. The van der Waals surface area contributed by atoms with E-state index in [9.17, 15) is 14.4 Å². The van der Waals surface area contributed by atoms with Gasteiger partial charge in [0, 0.05) is 5.56 Å². The maximum absolute atomic E-state index is 11.7. The number of ether oxygens (including phenoxy) is 1. The molecular formula is C12H14BrN3O4. The molecule has 7 nitrogen and oxygen atoms in total. The Morgan fingerprint density at radius 2 is 2.00 bits per heavy atom. The quantitative estimate of drug-likeness (QED) is 0.713. The van der Waals surface area contributed by atoms with Crippen molar-refractivity contribution in [3.05, 3.63) is 23.8 Å². The van der Waals surface area contributed by atoms with E-state index >= 15 is 0 Å². The van der Waals surface area contributed by atoms with Gasteiger partial charge in [-0.15, -0.1) is 0 Å². The number of anilines is 1. The van der Waals surface area contributed by atoms with E-state index in [1.807, 2.05) is 5.32 Å². The van der Waals surface area contributed by atoms with Crippen LogP contribution in [0.25, 0.3) is 0 Å². The second-order valence-electron chi connectivity index (χ2n) is 3.84. The van der Waals surface area contributed by atoms with Crippen LogP contribution in [0.4, 0.5) is 10.5 Å². The Morgan fingerprint density at radius 3 is 2.50 bits per heavy atom. The van der Waals surface area contributed by atoms with Gasteiger partial charge in [0.15, 0.2) is 0 Å². The lowest BCUT2D eigenvalue weighted by Gasteiger charge is -2.12. The highest BCUT2D eigenvalue weighted by molar-refractivity contribution is 9.10. The number of halogens is 1. The van der Waals surface area contributed by atoms with Gasteiger partial charge in [0.05, 0.1) is 17.6 Å². The third-order valence-electron chi connectivity index (χ3n) is 2.32. The molecule has 0 fully saturated rings. The summed E-state index contributed by atoms with van der Waals surface area (Å²) in [6, 6.07) is 3.39. The van der Waals surface area contributed by atoms with E-state index in [2.05, 4.69) is 21.2 Å². The molecule has 1 atom stereocenters. The van der Waals surface area contributed by atoms with E-state index in [1.165, 1.54) is 25.3 Å². The number of nitrogens with two attached hydrogens (primary N) is 1. The predicted octanol–water partition coefficient (Wildman–Crippen LogP) is 1.23. The standard InChI is InChI=1S/C12H14BrN3O4/c1-6(13)10(17)15-8-5-7(3-4-9(8)20-2)11(18)16-12(14)19/h3-6H,1-2H3,(H,15,17)(H3,14,16,18,19)/t6-/m1/s1. The van der Waals surface area contributed by atoms with Crippen LogP contribution in [0.2, 0.25) is 0 Å². The van der Waals surface area contributed by atoms with Gasteiger partial charge in [0.1, 0.15) is 5.75 Å². The smallest absolute Gasteiger partial charge is 0.319 e. The fraction of sp³-hybridized carbons (Fsp3) is 0.250. The van der Waals surface area contributed by atoms with E-state index < -0.39 is 16.8 Å². The fourth-order valence-electron chi connectivity index (χ4n) is 1.36. The topological polar surface area (TPSA) is 111 Å². The third kappa shape index (κ3) is 4.23. The summed E-state index contributed by atoms with van der Waals surface area (Å²) in [5, 5.41) is 4.54. The molecule has 108 valence electrons. The van der Waals surface area contributed by atoms with Crippen molar-refractivity contribution in [2.45, 2.75) is 11.8 Å². The number of alkyl halides is 1. The number of nitrogens with one attached hydrogen (secondary N) is 2. The number of imide groups is 1. The van der Waals surface area contributed by atoms with E-state index in [1.54, 1.807) is 6.92 Å². The van der Waals surface area contributed by atoms with Gasteiger partial charge in [-0.1, -0.05) is 15.9 Å². The van der Waals surface area contributed by atoms with Crippen molar-refractivity contribution in [1.82, 2.24) is 5.32 Å². The van der Waals surface area contributed by atoms with Crippen molar-refractivity contribution in [2.24, 2.45) is 5.73 Å². The van der Waals surface area contributed by atoms with E-state index in [0.717, 1.165) is 0 Å². The number of amides is 4. The average Bonchev–Trinajstić information content (AvgIpc) is 2.37. The minimum atomic E-state index is -0.953. The molecule has 0 aromatic heterocycles. The zero-order valence-corrected chi connectivity index (χ0v) is 12.5. The molecule has 0 bridgehead atoms. The zero-order chi connectivity index (χ0) is 15.3. The number of urea groups is 1. The number of hydrogen-bond acceptors (Lipinski definition) is 4. The molecule has 20 heavy (non-hydrogen) atoms. The van der Waals surface area contributed by atoms with Crippen LogP contribution in [-0.2, 0) is 4.79 Å². The van der Waals surface area contributed by atoms with Crippen LogP contribution < -0.4 is 21.1 Å². The zero-order valence-electron chi connectivity index (χ0n) is 10.9. The van der Waals surface area contributed by atoms with Crippen LogP contribution >= 0.6 is 15.9 Å². The minimum absolute atomic E-state index is 0.169. The van der Waals surface area contributed by atoms with Crippen LogP contribution in [0.5, 0.6) is 5.75 Å². The molecule has 0 aliphatic rings. The molecule has 1 rings (SSSR count). The van der Waals surface area contributed by atoms with E-state index in [4.69, 9.17) is 10.5 Å². The summed E-state index contributed by atoms with van der Waals surface area (Å²) < 4.78 is 5.09. The summed E-state index contributed by atoms with van der Waals surface area (Å²) in [4.78, 5) is 33.5. The number of methoxy groups -OCH3 is 1. The van der Waals surface area contributed by atoms with Gasteiger partial charge in [-0.2, -0.15) is 0 Å². The number of benzene rings is 1. The van der Waals surface area contributed by atoms with E-state index in [0.29, 0.717) is 11.4 Å². The summed E-state index contributed by atoms with van der Waals surface area (Å²) in [5.74, 6) is -0.569. The third-order valence-corrected chi connectivity index (χ3v) is 2.73. The van der Waals surface area contributed by atoms with Crippen molar-refractivity contribution in [1.29, 1.82) is 0 Å². The lowest BCUT2D eigenvalue weighted by atomic mass is 10.1. The van der Waals surface area contributed by atoms with Gasteiger partial charge in [0.25, 0.3) is 5.91 Å². The van der Waals surface area contributed by atoms with Gasteiger partial charge < -0.3 is 15.8 Å². The summed E-state index contributed by atoms with van der Waals surface area (Å²) in [6.45, 7) is 1.66. The number of hydrogen-bond donors (Lipinski definition) is 3. The second-order valence-corrected chi connectivity index (χ2v) is 5.21. The Labute approximate surface area is 124 Å². The molecule has 0 saturated heterocycles. The van der Waals surface area contributed by atoms with Crippen LogP contribution in [0.15, 0.2) is 18.2 Å². The van der Waals surface area contributed by atoms with Crippen molar-refractivity contribution in [2.75, 3.05) is 12.4 Å². The SMILES string of the molecule is COc1ccc(C(=O)NC(N)=O)cc1NC(=O)[C@@H](C)Br. The van der Waals surface area contributed by atoms with Gasteiger partial charge in [-0.3, -0.25) is 14.9 Å². The Morgan fingerprint density at radius 1 is 1.35 bits per heavy atom. The van der Waals surface area contributed by atoms with Crippen LogP contribution in [-0.4, -0.2) is 29.8 Å². The van der Waals surface area contributed by atoms with Crippen LogP contribution in [0, 0.1) is 0 Å². The van der Waals surface area contributed by atoms with Crippen molar-refractivity contribution in [3.63, 3.8) is 0 Å². The normalized spacial score (nSPS) is 11.3. The first kappa shape index (κ1) is 16.0. The molecule has 8 heteroatoms.